The third-order valence-electron chi connectivity index (χ3n) is 8.14. The number of benzene rings is 7. The highest BCUT2D eigenvalue weighted by Gasteiger charge is 2.16. The zero-order valence-electron chi connectivity index (χ0n) is 23.9. The smallest absolute Gasteiger partial charge is 0.164 e. The van der Waals surface area contributed by atoms with Gasteiger partial charge in [0.15, 0.2) is 17.5 Å². The lowest BCUT2D eigenvalue weighted by Crippen LogP contribution is -2.01. The average Bonchev–Trinajstić information content (AvgIpc) is 3.12. The molecular formula is C41H27N3. The maximum absolute atomic E-state index is 5.10. The fraction of sp³-hybridized carbons (Fsp3) is 0. The van der Waals surface area contributed by atoms with Crippen LogP contribution in [0.2, 0.25) is 0 Å². The standard InChI is InChI=1S/C41H27N3/c1-3-13-28(14-4-1)34-21-9-10-22-38(34)41-43-39(30-16-5-2-6-17-30)42-40(44-41)32-19-11-18-31(27-32)35-23-12-24-36-33-20-8-7-15-29(33)25-26-37(35)36/h1-27H. The van der Waals surface area contributed by atoms with Crippen LogP contribution in [0.15, 0.2) is 164 Å². The van der Waals surface area contributed by atoms with Gasteiger partial charge < -0.3 is 0 Å². The molecule has 8 rings (SSSR count). The number of hydrogen-bond donors (Lipinski definition) is 0. The molecule has 0 aliphatic carbocycles. The van der Waals surface area contributed by atoms with E-state index in [2.05, 4.69) is 121 Å². The minimum atomic E-state index is 0.643. The molecule has 44 heavy (non-hydrogen) atoms. The summed E-state index contributed by atoms with van der Waals surface area (Å²) in [6.45, 7) is 0. The second kappa shape index (κ2) is 11.0. The number of nitrogens with zero attached hydrogens (tertiary/aromatic N) is 3. The van der Waals surface area contributed by atoms with E-state index >= 15 is 0 Å². The minimum Gasteiger partial charge on any atom is -0.208 e. The van der Waals surface area contributed by atoms with Crippen LogP contribution in [0, 0.1) is 0 Å². The number of rotatable bonds is 5. The van der Waals surface area contributed by atoms with Crippen molar-refractivity contribution in [2.45, 2.75) is 0 Å². The van der Waals surface area contributed by atoms with Crippen LogP contribution in [0.25, 0.3) is 78.0 Å². The summed E-state index contributed by atoms with van der Waals surface area (Å²) >= 11 is 0. The summed E-state index contributed by atoms with van der Waals surface area (Å²) in [6.07, 6.45) is 0. The molecule has 0 saturated carbocycles. The lowest BCUT2D eigenvalue weighted by atomic mass is 9.94. The van der Waals surface area contributed by atoms with E-state index in [1.807, 2.05) is 42.5 Å². The largest absolute Gasteiger partial charge is 0.208 e. The molecule has 0 radical (unpaired) electrons. The van der Waals surface area contributed by atoms with Crippen LogP contribution in [0.3, 0.4) is 0 Å². The number of hydrogen-bond acceptors (Lipinski definition) is 3. The van der Waals surface area contributed by atoms with Gasteiger partial charge in [0.1, 0.15) is 0 Å². The predicted molar refractivity (Wildman–Crippen MR) is 182 cm³/mol. The zero-order chi connectivity index (χ0) is 29.3. The van der Waals surface area contributed by atoms with Gasteiger partial charge in [0.2, 0.25) is 0 Å². The minimum absolute atomic E-state index is 0.643. The first kappa shape index (κ1) is 25.8. The van der Waals surface area contributed by atoms with Crippen molar-refractivity contribution in [1.82, 2.24) is 15.0 Å². The molecule has 206 valence electrons. The first-order chi connectivity index (χ1) is 21.8. The van der Waals surface area contributed by atoms with Gasteiger partial charge in [-0.3, -0.25) is 0 Å². The van der Waals surface area contributed by atoms with E-state index in [4.69, 9.17) is 15.0 Å². The summed E-state index contributed by atoms with van der Waals surface area (Å²) in [4.78, 5) is 15.1. The fourth-order valence-electron chi connectivity index (χ4n) is 6.01. The van der Waals surface area contributed by atoms with Crippen LogP contribution in [-0.4, -0.2) is 15.0 Å². The fourth-order valence-corrected chi connectivity index (χ4v) is 6.01. The Balaban J connectivity index is 1.31. The molecule has 0 N–H and O–H groups in total. The molecule has 3 nitrogen and oxygen atoms in total. The number of aromatic nitrogens is 3. The van der Waals surface area contributed by atoms with Crippen molar-refractivity contribution >= 4 is 21.5 Å². The Morgan fingerprint density at radius 1 is 0.273 bits per heavy atom. The zero-order valence-corrected chi connectivity index (χ0v) is 23.9. The summed E-state index contributed by atoms with van der Waals surface area (Å²) in [5.41, 5.74) is 7.37. The topological polar surface area (TPSA) is 38.7 Å². The molecule has 1 aromatic heterocycles. The van der Waals surface area contributed by atoms with E-state index in [9.17, 15) is 0 Å². The monoisotopic (exact) mass is 561 g/mol. The van der Waals surface area contributed by atoms with E-state index in [1.54, 1.807) is 0 Å². The van der Waals surface area contributed by atoms with Gasteiger partial charge in [-0.15, -0.1) is 0 Å². The van der Waals surface area contributed by atoms with Crippen LogP contribution >= 0.6 is 0 Å². The van der Waals surface area contributed by atoms with Gasteiger partial charge in [-0.05, 0) is 49.9 Å². The maximum atomic E-state index is 5.10. The predicted octanol–water partition coefficient (Wildman–Crippen LogP) is 10.5. The molecule has 0 aliphatic rings. The van der Waals surface area contributed by atoms with E-state index in [-0.39, 0.29) is 0 Å². The van der Waals surface area contributed by atoms with Crippen molar-refractivity contribution in [2.24, 2.45) is 0 Å². The molecule has 0 spiro atoms. The molecule has 0 bridgehead atoms. The van der Waals surface area contributed by atoms with E-state index < -0.39 is 0 Å². The van der Waals surface area contributed by atoms with Crippen molar-refractivity contribution in [1.29, 1.82) is 0 Å². The SMILES string of the molecule is c1ccc(-c2nc(-c3cccc(-c4cccc5c4ccc4ccccc45)c3)nc(-c3ccccc3-c3ccccc3)n2)cc1. The summed E-state index contributed by atoms with van der Waals surface area (Å²) in [5.74, 6) is 1.94. The second-order valence-corrected chi connectivity index (χ2v) is 10.9. The van der Waals surface area contributed by atoms with Gasteiger partial charge in [0, 0.05) is 16.7 Å². The lowest BCUT2D eigenvalue weighted by molar-refractivity contribution is 1.07. The van der Waals surface area contributed by atoms with E-state index in [0.717, 1.165) is 33.4 Å². The molecule has 1 heterocycles. The molecule has 8 aromatic rings. The Kier molecular flexibility index (Phi) is 6.47. The Bertz CT molecular complexity index is 2270. The first-order valence-corrected chi connectivity index (χ1v) is 14.8. The normalized spacial score (nSPS) is 11.2. The first-order valence-electron chi connectivity index (χ1n) is 14.8. The second-order valence-electron chi connectivity index (χ2n) is 10.9. The quantitative estimate of drug-likeness (QED) is 0.196. The molecule has 7 aromatic carbocycles. The highest BCUT2D eigenvalue weighted by Crippen LogP contribution is 2.36. The molecule has 0 amide bonds. The molecular weight excluding hydrogens is 534 g/mol. The van der Waals surface area contributed by atoms with Gasteiger partial charge in [-0.1, -0.05) is 158 Å². The Labute approximate surface area is 256 Å². The van der Waals surface area contributed by atoms with Crippen LogP contribution in [-0.2, 0) is 0 Å². The molecule has 0 saturated heterocycles. The summed E-state index contributed by atoms with van der Waals surface area (Å²) in [6, 6.07) is 56.9. The summed E-state index contributed by atoms with van der Waals surface area (Å²) < 4.78 is 0. The van der Waals surface area contributed by atoms with Crippen LogP contribution < -0.4 is 0 Å². The van der Waals surface area contributed by atoms with Crippen LogP contribution in [0.1, 0.15) is 0 Å². The number of fused-ring (bicyclic) bond motifs is 3. The van der Waals surface area contributed by atoms with Crippen molar-refractivity contribution in [3.8, 4) is 56.4 Å². The van der Waals surface area contributed by atoms with Gasteiger partial charge in [-0.2, -0.15) is 0 Å². The van der Waals surface area contributed by atoms with E-state index in [1.165, 1.54) is 27.1 Å². The highest BCUT2D eigenvalue weighted by atomic mass is 15.0. The molecule has 0 aliphatic heterocycles. The third-order valence-corrected chi connectivity index (χ3v) is 8.14. The van der Waals surface area contributed by atoms with Crippen molar-refractivity contribution < 1.29 is 0 Å². The van der Waals surface area contributed by atoms with Gasteiger partial charge in [0.05, 0.1) is 0 Å². The third kappa shape index (κ3) is 4.71. The molecule has 0 atom stereocenters. The van der Waals surface area contributed by atoms with Crippen LogP contribution in [0.4, 0.5) is 0 Å². The van der Waals surface area contributed by atoms with Crippen molar-refractivity contribution in [3.05, 3.63) is 164 Å². The summed E-state index contributed by atoms with van der Waals surface area (Å²) in [7, 11) is 0. The van der Waals surface area contributed by atoms with Crippen LogP contribution in [0.5, 0.6) is 0 Å². The lowest BCUT2D eigenvalue weighted by Gasteiger charge is -2.13. The molecule has 0 unspecified atom stereocenters. The summed E-state index contributed by atoms with van der Waals surface area (Å²) in [5, 5.41) is 4.97. The van der Waals surface area contributed by atoms with Gasteiger partial charge in [-0.25, -0.2) is 15.0 Å². The Morgan fingerprint density at radius 2 is 0.818 bits per heavy atom. The Hall–Kier alpha value is -5.93. The average molecular weight is 562 g/mol. The van der Waals surface area contributed by atoms with Gasteiger partial charge in [0.25, 0.3) is 0 Å². The maximum Gasteiger partial charge on any atom is 0.164 e. The van der Waals surface area contributed by atoms with E-state index in [0.29, 0.717) is 17.5 Å². The Morgan fingerprint density at radius 3 is 1.64 bits per heavy atom. The highest BCUT2D eigenvalue weighted by molar-refractivity contribution is 6.12. The van der Waals surface area contributed by atoms with Gasteiger partial charge >= 0.3 is 0 Å². The molecule has 0 fully saturated rings. The van der Waals surface area contributed by atoms with Crippen molar-refractivity contribution in [3.63, 3.8) is 0 Å². The molecule has 3 heteroatoms. The van der Waals surface area contributed by atoms with Crippen molar-refractivity contribution in [2.75, 3.05) is 0 Å².